The predicted molar refractivity (Wildman–Crippen MR) is 142 cm³/mol. The zero-order chi connectivity index (χ0) is 24.6. The summed E-state index contributed by atoms with van der Waals surface area (Å²) < 4.78 is 21.5. The number of methoxy groups -OCH3 is 4. The van der Waals surface area contributed by atoms with Gasteiger partial charge < -0.3 is 29.0 Å². The molecule has 0 spiro atoms. The van der Waals surface area contributed by atoms with Crippen LogP contribution in [0.4, 0.5) is 0 Å². The quantitative estimate of drug-likeness (QED) is 0.445. The second-order valence-corrected chi connectivity index (χ2v) is 11.5. The van der Waals surface area contributed by atoms with Crippen LogP contribution in [-0.2, 0) is 10.5 Å². The summed E-state index contributed by atoms with van der Waals surface area (Å²) in [6, 6.07) is 12.2. The highest BCUT2D eigenvalue weighted by Gasteiger charge is 2.38. The molecule has 188 valence electrons. The fraction of sp³-hybridized carbons (Fsp3) is 0.538. The van der Waals surface area contributed by atoms with E-state index in [2.05, 4.69) is 30.1 Å². The average Bonchev–Trinajstić information content (AvgIpc) is 2.87. The topological polar surface area (TPSA) is 60.4 Å². The molecule has 1 fully saturated rings. The molecule has 0 amide bonds. The molecule has 1 N–H and O–H groups in total. The summed E-state index contributed by atoms with van der Waals surface area (Å²) in [5, 5.41) is 11.1. The van der Waals surface area contributed by atoms with Crippen molar-refractivity contribution in [3.05, 3.63) is 47.5 Å². The third kappa shape index (κ3) is 6.68. The summed E-state index contributed by atoms with van der Waals surface area (Å²) >= 11 is 3.86. The van der Waals surface area contributed by atoms with E-state index in [0.29, 0.717) is 13.0 Å². The number of nitrogens with zero attached hydrogens (tertiary/aromatic N) is 1. The van der Waals surface area contributed by atoms with Crippen LogP contribution in [0.15, 0.2) is 36.4 Å². The third-order valence-corrected chi connectivity index (χ3v) is 9.47. The zero-order valence-corrected chi connectivity index (χ0v) is 22.5. The number of ether oxygens (including phenoxy) is 4. The molecule has 0 aliphatic carbocycles. The number of thioether (sulfide) groups is 2. The maximum absolute atomic E-state index is 11.1. The molecule has 3 rings (SSSR count). The lowest BCUT2D eigenvalue weighted by Crippen LogP contribution is -2.36. The molecule has 1 aliphatic rings. The summed E-state index contributed by atoms with van der Waals surface area (Å²) in [5.41, 5.74) is 2.35. The molecular formula is C26H37NO5S2. The molecule has 1 aliphatic heterocycles. The van der Waals surface area contributed by atoms with Gasteiger partial charge in [-0.15, -0.1) is 23.5 Å². The van der Waals surface area contributed by atoms with Gasteiger partial charge in [0.05, 0.1) is 38.6 Å². The van der Waals surface area contributed by atoms with Crippen LogP contribution in [0.1, 0.15) is 24.0 Å². The number of aliphatic hydroxyl groups is 1. The van der Waals surface area contributed by atoms with E-state index < -0.39 is 6.10 Å². The summed E-state index contributed by atoms with van der Waals surface area (Å²) in [4.78, 5) is 2.20. The van der Waals surface area contributed by atoms with E-state index in [1.54, 1.807) is 28.4 Å². The van der Waals surface area contributed by atoms with Crippen LogP contribution in [0.5, 0.6) is 23.0 Å². The molecule has 0 radical (unpaired) electrons. The second-order valence-electron chi connectivity index (χ2n) is 8.43. The Hall–Kier alpha value is -1.74. The van der Waals surface area contributed by atoms with Crippen molar-refractivity contribution in [2.24, 2.45) is 0 Å². The van der Waals surface area contributed by atoms with Crippen molar-refractivity contribution in [3.63, 3.8) is 0 Å². The molecule has 1 atom stereocenters. The standard InChI is InChI=1S/C26H37NO5S2/c1-27(12-11-19-7-9-22(29-2)24(15-19)31-4)18-21(28)17-26(33-13-6-14-34-26)20-8-10-23(30-3)25(16-20)32-5/h7-10,15-16,21,28H,6,11-14,17-18H2,1-5H3. The van der Waals surface area contributed by atoms with Gasteiger partial charge in [-0.3, -0.25) is 0 Å². The van der Waals surface area contributed by atoms with E-state index in [-0.39, 0.29) is 4.08 Å². The van der Waals surface area contributed by atoms with Gasteiger partial charge >= 0.3 is 0 Å². The molecule has 0 aromatic heterocycles. The van der Waals surface area contributed by atoms with Crippen LogP contribution in [0.2, 0.25) is 0 Å². The molecule has 1 unspecified atom stereocenters. The highest BCUT2D eigenvalue weighted by Crippen LogP contribution is 2.54. The van der Waals surface area contributed by atoms with Gasteiger partial charge in [0.25, 0.3) is 0 Å². The smallest absolute Gasteiger partial charge is 0.161 e. The summed E-state index contributed by atoms with van der Waals surface area (Å²) in [7, 11) is 8.68. The van der Waals surface area contributed by atoms with Crippen molar-refractivity contribution in [1.29, 1.82) is 0 Å². The van der Waals surface area contributed by atoms with Crippen LogP contribution in [0.3, 0.4) is 0 Å². The SMILES string of the molecule is COc1ccc(CCN(C)CC(O)CC2(c3ccc(OC)c(OC)c3)SCCCS2)cc1OC. The molecule has 1 saturated heterocycles. The minimum atomic E-state index is -0.443. The van der Waals surface area contributed by atoms with E-state index in [1.807, 2.05) is 41.7 Å². The molecule has 0 saturated carbocycles. The molecule has 0 bridgehead atoms. The van der Waals surface area contributed by atoms with E-state index in [9.17, 15) is 5.11 Å². The first-order chi connectivity index (χ1) is 16.4. The Morgan fingerprint density at radius 3 is 2.09 bits per heavy atom. The minimum Gasteiger partial charge on any atom is -0.493 e. The predicted octanol–water partition coefficient (Wildman–Crippen LogP) is 4.67. The average molecular weight is 508 g/mol. The Bertz CT molecular complexity index is 920. The fourth-order valence-electron chi connectivity index (χ4n) is 4.23. The van der Waals surface area contributed by atoms with Crippen molar-refractivity contribution in [2.75, 3.05) is 60.1 Å². The van der Waals surface area contributed by atoms with Gasteiger partial charge in [-0.25, -0.2) is 0 Å². The van der Waals surface area contributed by atoms with Gasteiger partial charge in [0, 0.05) is 19.5 Å². The number of hydrogen-bond acceptors (Lipinski definition) is 8. The van der Waals surface area contributed by atoms with Crippen molar-refractivity contribution in [1.82, 2.24) is 4.90 Å². The van der Waals surface area contributed by atoms with Crippen molar-refractivity contribution in [2.45, 2.75) is 29.4 Å². The minimum absolute atomic E-state index is 0.193. The van der Waals surface area contributed by atoms with Crippen LogP contribution in [-0.4, -0.2) is 76.2 Å². The van der Waals surface area contributed by atoms with Crippen molar-refractivity contribution in [3.8, 4) is 23.0 Å². The summed E-state index contributed by atoms with van der Waals surface area (Å²) in [6.07, 6.45) is 2.29. The monoisotopic (exact) mass is 507 g/mol. The Kier molecular flexibility index (Phi) is 10.1. The summed E-state index contributed by atoms with van der Waals surface area (Å²) in [6.45, 7) is 1.46. The number of rotatable bonds is 12. The van der Waals surface area contributed by atoms with Crippen LogP contribution in [0, 0.1) is 0 Å². The highest BCUT2D eigenvalue weighted by molar-refractivity contribution is 8.18. The normalized spacial score (nSPS) is 16.2. The van der Waals surface area contributed by atoms with Gasteiger partial charge in [-0.1, -0.05) is 12.1 Å². The first-order valence-electron chi connectivity index (χ1n) is 11.5. The molecule has 2 aromatic rings. The van der Waals surface area contributed by atoms with Crippen LogP contribution in [0.25, 0.3) is 0 Å². The molecule has 1 heterocycles. The maximum atomic E-state index is 11.1. The lowest BCUT2D eigenvalue weighted by molar-refractivity contribution is 0.115. The third-order valence-electron chi connectivity index (χ3n) is 6.04. The summed E-state index contributed by atoms with van der Waals surface area (Å²) in [5.74, 6) is 5.10. The zero-order valence-electron chi connectivity index (χ0n) is 20.8. The van der Waals surface area contributed by atoms with Gasteiger partial charge in [0.2, 0.25) is 0 Å². The van der Waals surface area contributed by atoms with Crippen molar-refractivity contribution >= 4 is 23.5 Å². The number of likely N-dealkylation sites (N-methyl/N-ethyl adjacent to an activating group) is 1. The highest BCUT2D eigenvalue weighted by atomic mass is 32.2. The molecule has 6 nitrogen and oxygen atoms in total. The lowest BCUT2D eigenvalue weighted by Gasteiger charge is -2.39. The maximum Gasteiger partial charge on any atom is 0.161 e. The Morgan fingerprint density at radius 1 is 0.882 bits per heavy atom. The van der Waals surface area contributed by atoms with E-state index in [1.165, 1.54) is 17.5 Å². The first kappa shape index (κ1) is 26.9. The van der Waals surface area contributed by atoms with Gasteiger partial charge in [-0.05, 0) is 66.8 Å². The van der Waals surface area contributed by atoms with Crippen LogP contribution >= 0.6 is 23.5 Å². The first-order valence-corrected chi connectivity index (χ1v) is 13.5. The second kappa shape index (κ2) is 12.8. The Morgan fingerprint density at radius 2 is 1.47 bits per heavy atom. The van der Waals surface area contributed by atoms with Gasteiger partial charge in [0.1, 0.15) is 0 Å². The van der Waals surface area contributed by atoms with Crippen LogP contribution < -0.4 is 18.9 Å². The van der Waals surface area contributed by atoms with E-state index in [0.717, 1.165) is 47.5 Å². The largest absolute Gasteiger partial charge is 0.493 e. The van der Waals surface area contributed by atoms with E-state index in [4.69, 9.17) is 18.9 Å². The van der Waals surface area contributed by atoms with Gasteiger partial charge in [0.15, 0.2) is 23.0 Å². The Balaban J connectivity index is 1.64. The van der Waals surface area contributed by atoms with E-state index >= 15 is 0 Å². The van der Waals surface area contributed by atoms with Gasteiger partial charge in [-0.2, -0.15) is 0 Å². The number of aliphatic hydroxyl groups excluding tert-OH is 1. The molecule has 8 heteroatoms. The lowest BCUT2D eigenvalue weighted by atomic mass is 10.0. The fourth-order valence-corrected chi connectivity index (χ4v) is 7.69. The Labute approximate surface area is 212 Å². The van der Waals surface area contributed by atoms with Crippen molar-refractivity contribution < 1.29 is 24.1 Å². The molecular weight excluding hydrogens is 470 g/mol. The molecule has 34 heavy (non-hydrogen) atoms. The number of benzene rings is 2. The number of hydrogen-bond donors (Lipinski definition) is 1. The molecule has 2 aromatic carbocycles.